The highest BCUT2D eigenvalue weighted by atomic mass is 32.1. The second-order valence-corrected chi connectivity index (χ2v) is 6.18. The number of nitrogens with one attached hydrogen (secondary N) is 1. The molecule has 25 heavy (non-hydrogen) atoms. The predicted octanol–water partition coefficient (Wildman–Crippen LogP) is 3.55. The van der Waals surface area contributed by atoms with Gasteiger partial charge in [-0.1, -0.05) is 60.2 Å². The van der Waals surface area contributed by atoms with E-state index in [-0.39, 0.29) is 0 Å². The first-order valence-electron chi connectivity index (χ1n) is 7.90. The third-order valence-electron chi connectivity index (χ3n) is 3.92. The van der Waals surface area contributed by atoms with E-state index in [1.165, 1.54) is 5.56 Å². The van der Waals surface area contributed by atoms with Gasteiger partial charge in [0.1, 0.15) is 4.64 Å². The average molecular weight is 348 g/mol. The van der Waals surface area contributed by atoms with Crippen molar-refractivity contribution in [3.05, 3.63) is 76.6 Å². The van der Waals surface area contributed by atoms with Crippen molar-refractivity contribution in [2.75, 3.05) is 0 Å². The second-order valence-electron chi connectivity index (χ2n) is 5.79. The van der Waals surface area contributed by atoms with Gasteiger partial charge in [0.2, 0.25) is 5.82 Å². The van der Waals surface area contributed by atoms with Gasteiger partial charge in [-0.05, 0) is 29.8 Å². The van der Waals surface area contributed by atoms with Gasteiger partial charge in [-0.2, -0.15) is 4.80 Å². The second kappa shape index (κ2) is 6.45. The van der Waals surface area contributed by atoms with Gasteiger partial charge in [0.25, 0.3) is 0 Å². The van der Waals surface area contributed by atoms with Gasteiger partial charge < -0.3 is 0 Å². The van der Waals surface area contributed by atoms with Crippen molar-refractivity contribution >= 4 is 12.2 Å². The van der Waals surface area contributed by atoms with E-state index in [0.29, 0.717) is 17.0 Å². The average Bonchev–Trinajstić information content (AvgIpc) is 3.23. The molecule has 0 aliphatic rings. The zero-order valence-electron chi connectivity index (χ0n) is 13.6. The Bertz CT molecular complexity index is 1040. The fourth-order valence-electron chi connectivity index (χ4n) is 2.58. The molecule has 4 rings (SSSR count). The van der Waals surface area contributed by atoms with E-state index in [4.69, 9.17) is 12.2 Å². The summed E-state index contributed by atoms with van der Waals surface area (Å²) in [5, 5.41) is 15.9. The van der Waals surface area contributed by atoms with Crippen LogP contribution in [0.5, 0.6) is 0 Å². The van der Waals surface area contributed by atoms with Crippen molar-refractivity contribution in [1.82, 2.24) is 30.0 Å². The molecule has 0 saturated heterocycles. The lowest BCUT2D eigenvalue weighted by Gasteiger charge is -2.02. The van der Waals surface area contributed by atoms with Crippen molar-refractivity contribution in [2.45, 2.75) is 13.5 Å². The van der Waals surface area contributed by atoms with E-state index in [1.807, 2.05) is 65.5 Å². The highest BCUT2D eigenvalue weighted by molar-refractivity contribution is 7.71. The zero-order valence-corrected chi connectivity index (χ0v) is 14.4. The molecule has 0 aliphatic heterocycles. The lowest BCUT2D eigenvalue weighted by atomic mass is 10.2. The van der Waals surface area contributed by atoms with E-state index in [1.54, 1.807) is 4.80 Å². The minimum absolute atomic E-state index is 0.517. The molecule has 0 radical (unpaired) electrons. The van der Waals surface area contributed by atoms with Crippen molar-refractivity contribution in [2.24, 2.45) is 0 Å². The summed E-state index contributed by atoms with van der Waals surface area (Å²) in [7, 11) is 0. The highest BCUT2D eigenvalue weighted by Gasteiger charge is 2.12. The van der Waals surface area contributed by atoms with Gasteiger partial charge in [-0.3, -0.25) is 5.10 Å². The summed E-state index contributed by atoms with van der Waals surface area (Å²) in [5.41, 5.74) is 4.05. The summed E-state index contributed by atoms with van der Waals surface area (Å²) in [5.74, 6) is 0.517. The molecule has 4 aromatic rings. The summed E-state index contributed by atoms with van der Waals surface area (Å²) in [6.45, 7) is 2.63. The molecule has 0 fully saturated rings. The Labute approximate surface area is 149 Å². The number of benzene rings is 2. The van der Waals surface area contributed by atoms with E-state index in [0.717, 1.165) is 16.8 Å². The van der Waals surface area contributed by atoms with Gasteiger partial charge in [0, 0.05) is 6.20 Å². The van der Waals surface area contributed by atoms with Crippen LogP contribution in [0.2, 0.25) is 0 Å². The first-order chi connectivity index (χ1) is 12.2. The van der Waals surface area contributed by atoms with Gasteiger partial charge in [-0.15, -0.1) is 10.2 Å². The molecule has 124 valence electrons. The third kappa shape index (κ3) is 3.14. The van der Waals surface area contributed by atoms with Crippen molar-refractivity contribution in [3.63, 3.8) is 0 Å². The highest BCUT2D eigenvalue weighted by Crippen LogP contribution is 2.19. The van der Waals surface area contributed by atoms with Crippen LogP contribution in [0, 0.1) is 11.6 Å². The Morgan fingerprint density at radius 2 is 1.80 bits per heavy atom. The molecule has 7 heteroatoms. The minimum Gasteiger partial charge on any atom is -0.299 e. The lowest BCUT2D eigenvalue weighted by molar-refractivity contribution is 0.573. The Morgan fingerprint density at radius 3 is 2.56 bits per heavy atom. The summed E-state index contributed by atoms with van der Waals surface area (Å²) >= 11 is 5.58. The standard InChI is InChI=1S/C18H16N6S/c1-13-7-9-15(10-8-13)24-18(25)16(11-19-24)17-20-22-23(21-17)12-14-5-3-2-4-6-14/h2-11,19H,12H2,1H3. The molecule has 2 aromatic heterocycles. The molecule has 0 spiro atoms. The zero-order chi connectivity index (χ0) is 17.2. The van der Waals surface area contributed by atoms with E-state index < -0.39 is 0 Å². The first kappa shape index (κ1) is 15.5. The van der Waals surface area contributed by atoms with Crippen LogP contribution in [-0.4, -0.2) is 30.0 Å². The number of nitrogens with zero attached hydrogens (tertiary/aromatic N) is 5. The fourth-order valence-corrected chi connectivity index (χ4v) is 2.89. The summed E-state index contributed by atoms with van der Waals surface area (Å²) in [6.07, 6.45) is 1.81. The van der Waals surface area contributed by atoms with Crippen LogP contribution in [0.3, 0.4) is 0 Å². The summed E-state index contributed by atoms with van der Waals surface area (Å²) in [6, 6.07) is 18.2. The summed E-state index contributed by atoms with van der Waals surface area (Å²) in [4.78, 5) is 1.57. The first-order valence-corrected chi connectivity index (χ1v) is 8.31. The Kier molecular flexibility index (Phi) is 3.99. The summed E-state index contributed by atoms with van der Waals surface area (Å²) < 4.78 is 2.46. The maximum atomic E-state index is 5.58. The number of hydrogen-bond donors (Lipinski definition) is 1. The van der Waals surface area contributed by atoms with Crippen LogP contribution in [0.15, 0.2) is 60.8 Å². The molecule has 0 unspecified atom stereocenters. The van der Waals surface area contributed by atoms with Crippen LogP contribution in [0.1, 0.15) is 11.1 Å². The Morgan fingerprint density at radius 1 is 1.04 bits per heavy atom. The smallest absolute Gasteiger partial charge is 0.209 e. The van der Waals surface area contributed by atoms with E-state index in [9.17, 15) is 0 Å². The topological polar surface area (TPSA) is 64.3 Å². The SMILES string of the molecule is Cc1ccc(-n2[nH]cc(-c3nnn(Cc4ccccc4)n3)c2=S)cc1. The molecular weight excluding hydrogens is 332 g/mol. The molecule has 0 aliphatic carbocycles. The molecule has 0 saturated carbocycles. The number of aryl methyl sites for hydroxylation is 1. The fraction of sp³-hybridized carbons (Fsp3) is 0.111. The number of aromatic nitrogens is 6. The molecule has 0 amide bonds. The maximum Gasteiger partial charge on any atom is 0.209 e. The number of rotatable bonds is 4. The molecule has 0 bridgehead atoms. The van der Waals surface area contributed by atoms with Crippen LogP contribution in [-0.2, 0) is 6.54 Å². The molecule has 2 heterocycles. The van der Waals surface area contributed by atoms with Crippen molar-refractivity contribution < 1.29 is 0 Å². The van der Waals surface area contributed by atoms with Gasteiger partial charge in [-0.25, -0.2) is 4.68 Å². The Balaban J connectivity index is 1.63. The predicted molar refractivity (Wildman–Crippen MR) is 98.0 cm³/mol. The quantitative estimate of drug-likeness (QED) is 0.573. The molecular formula is C18H16N6S. The van der Waals surface area contributed by atoms with Crippen molar-refractivity contribution in [1.29, 1.82) is 0 Å². The van der Waals surface area contributed by atoms with Crippen LogP contribution >= 0.6 is 12.2 Å². The number of tetrazole rings is 1. The number of aromatic amines is 1. The molecule has 1 N–H and O–H groups in total. The molecule has 2 aromatic carbocycles. The Hall–Kier alpha value is -3.06. The van der Waals surface area contributed by atoms with Crippen molar-refractivity contribution in [3.8, 4) is 17.1 Å². The lowest BCUT2D eigenvalue weighted by Crippen LogP contribution is -2.03. The molecule has 0 atom stereocenters. The third-order valence-corrected chi connectivity index (χ3v) is 4.33. The molecule has 6 nitrogen and oxygen atoms in total. The van der Waals surface area contributed by atoms with Gasteiger partial charge in [0.05, 0.1) is 17.8 Å². The van der Waals surface area contributed by atoms with Crippen LogP contribution in [0.4, 0.5) is 0 Å². The van der Waals surface area contributed by atoms with Gasteiger partial charge in [0.15, 0.2) is 0 Å². The number of H-pyrrole nitrogens is 1. The maximum absolute atomic E-state index is 5.58. The van der Waals surface area contributed by atoms with E-state index >= 15 is 0 Å². The number of hydrogen-bond acceptors (Lipinski definition) is 4. The largest absolute Gasteiger partial charge is 0.299 e. The van der Waals surface area contributed by atoms with Gasteiger partial charge >= 0.3 is 0 Å². The van der Waals surface area contributed by atoms with Crippen LogP contribution < -0.4 is 0 Å². The minimum atomic E-state index is 0.517. The monoisotopic (exact) mass is 348 g/mol. The van der Waals surface area contributed by atoms with Crippen LogP contribution in [0.25, 0.3) is 17.1 Å². The normalized spacial score (nSPS) is 10.9. The van der Waals surface area contributed by atoms with E-state index in [2.05, 4.69) is 27.4 Å².